The van der Waals surface area contributed by atoms with Crippen LogP contribution in [-0.2, 0) is 24.7 Å². The van der Waals surface area contributed by atoms with Crippen LogP contribution in [0.2, 0.25) is 0 Å². The van der Waals surface area contributed by atoms with Crippen molar-refractivity contribution < 1.29 is 22.7 Å². The number of imidazole rings is 1. The Morgan fingerprint density at radius 1 is 0.938 bits per heavy atom. The number of fused-ring (bicyclic) bond motifs is 5. The van der Waals surface area contributed by atoms with Crippen molar-refractivity contribution >= 4 is 7.82 Å². The maximum absolute atomic E-state index is 13.3. The third-order valence-corrected chi connectivity index (χ3v) is 8.32. The molecule has 3 aliphatic rings. The van der Waals surface area contributed by atoms with Gasteiger partial charge in [0, 0.05) is 0 Å². The first-order chi connectivity index (χ1) is 15.7. The molecule has 2 bridgehead atoms. The molecule has 3 aromatic rings. The highest BCUT2D eigenvalue weighted by molar-refractivity contribution is 7.48. The van der Waals surface area contributed by atoms with Crippen LogP contribution in [-0.4, -0.2) is 17.8 Å². The molecule has 0 amide bonds. The van der Waals surface area contributed by atoms with E-state index in [0.29, 0.717) is 36.9 Å². The first kappa shape index (κ1) is 20.1. The predicted molar refractivity (Wildman–Crippen MR) is 119 cm³/mol. The zero-order valence-corrected chi connectivity index (χ0v) is 18.6. The van der Waals surface area contributed by atoms with E-state index in [4.69, 9.17) is 13.6 Å². The molecule has 1 aliphatic heterocycles. The molecule has 164 valence electrons. The van der Waals surface area contributed by atoms with Gasteiger partial charge >= 0.3 is 7.82 Å². The van der Waals surface area contributed by atoms with E-state index in [1.807, 2.05) is 82.3 Å². The number of hydrogen-bond donors (Lipinski definition) is 0. The molecule has 32 heavy (non-hydrogen) atoms. The third kappa shape index (κ3) is 3.67. The van der Waals surface area contributed by atoms with Crippen LogP contribution in [0.3, 0.4) is 0 Å². The molecular weight excluding hydrogens is 423 g/mol. The van der Waals surface area contributed by atoms with Crippen LogP contribution in [0.25, 0.3) is 11.4 Å². The van der Waals surface area contributed by atoms with Crippen molar-refractivity contribution in [2.45, 2.75) is 13.0 Å². The Balaban J connectivity index is 1.24. The van der Waals surface area contributed by atoms with Crippen LogP contribution in [0.4, 0.5) is 0 Å². The molecule has 0 N–H and O–H groups in total. The monoisotopic (exact) mass is 449 g/mol. The number of phosphoric ester groups is 1. The first-order valence-electron chi connectivity index (χ1n) is 11.1. The van der Waals surface area contributed by atoms with Crippen LogP contribution >= 0.6 is 7.82 Å². The summed E-state index contributed by atoms with van der Waals surface area (Å²) in [4.78, 5) is 0. The van der Waals surface area contributed by atoms with Crippen LogP contribution < -0.4 is 4.57 Å². The lowest BCUT2D eigenvalue weighted by molar-refractivity contribution is -0.605. The number of phosphoric acid groups is 1. The van der Waals surface area contributed by atoms with Gasteiger partial charge in [-0.25, -0.2) is 9.13 Å². The van der Waals surface area contributed by atoms with Gasteiger partial charge in [-0.1, -0.05) is 48.6 Å². The number of nitrogens with zero attached hydrogens (tertiary/aromatic N) is 2. The minimum Gasteiger partial charge on any atom is -0.287 e. The Labute approximate surface area is 187 Å². The minimum absolute atomic E-state index is 0.118. The van der Waals surface area contributed by atoms with Gasteiger partial charge in [0.05, 0.1) is 13.2 Å². The van der Waals surface area contributed by atoms with E-state index in [1.165, 1.54) is 0 Å². The Morgan fingerprint density at radius 2 is 1.56 bits per heavy atom. The summed E-state index contributed by atoms with van der Waals surface area (Å²) in [5.41, 5.74) is 2.89. The fraction of sp³-hybridized carbons (Fsp3) is 0.320. The molecule has 1 saturated carbocycles. The molecule has 7 heteroatoms. The Kier molecular flexibility index (Phi) is 5.11. The fourth-order valence-corrected chi connectivity index (χ4v) is 6.48. The van der Waals surface area contributed by atoms with Crippen molar-refractivity contribution in [2.75, 3.05) is 13.2 Å². The van der Waals surface area contributed by atoms with E-state index < -0.39 is 7.82 Å². The second-order valence-corrected chi connectivity index (χ2v) is 10.4. The number of hydrogen-bond acceptors (Lipinski definition) is 4. The van der Waals surface area contributed by atoms with E-state index in [2.05, 4.69) is 12.2 Å². The van der Waals surface area contributed by atoms with Gasteiger partial charge in [-0.2, -0.15) is 4.57 Å². The third-order valence-electron chi connectivity index (χ3n) is 6.95. The molecule has 2 heterocycles. The first-order valence-corrected chi connectivity index (χ1v) is 12.6. The van der Waals surface area contributed by atoms with Crippen molar-refractivity contribution in [1.82, 2.24) is 4.57 Å². The van der Waals surface area contributed by atoms with Crippen molar-refractivity contribution in [3.63, 3.8) is 0 Å². The van der Waals surface area contributed by atoms with Gasteiger partial charge in [0.15, 0.2) is 5.69 Å². The molecular formula is C25H26N2O4P+. The summed E-state index contributed by atoms with van der Waals surface area (Å²) in [5.74, 6) is 1.77. The van der Waals surface area contributed by atoms with Crippen LogP contribution in [0.5, 0.6) is 0 Å². The average Bonchev–Trinajstić information content (AvgIpc) is 3.54. The number of para-hydroxylation sites is 2. The predicted octanol–water partition coefficient (Wildman–Crippen LogP) is 4.86. The Hall–Kier alpha value is -2.50. The minimum atomic E-state index is -3.63. The number of benzene rings is 2. The average molecular weight is 449 g/mol. The SMILES string of the molecule is O=P1(OCc2cn(-c3ccccc3)c[n+]2-c2ccccc2)OCC2[C@@H](CO1)C1C=C[C@H]2C1. The maximum Gasteiger partial charge on any atom is 0.475 e. The second kappa shape index (κ2) is 8.13. The van der Waals surface area contributed by atoms with Crippen LogP contribution in [0.1, 0.15) is 12.1 Å². The lowest BCUT2D eigenvalue weighted by atomic mass is 9.84. The highest BCUT2D eigenvalue weighted by Crippen LogP contribution is 2.58. The lowest BCUT2D eigenvalue weighted by Crippen LogP contribution is -2.33. The molecule has 6 nitrogen and oxygen atoms in total. The molecule has 2 fully saturated rings. The van der Waals surface area contributed by atoms with E-state index >= 15 is 0 Å². The van der Waals surface area contributed by atoms with Crippen LogP contribution in [0, 0.1) is 23.7 Å². The molecule has 3 unspecified atom stereocenters. The molecule has 0 radical (unpaired) electrons. The topological polar surface area (TPSA) is 53.6 Å². The summed E-state index contributed by atoms with van der Waals surface area (Å²) in [6.07, 6.45) is 9.72. The molecule has 5 atom stereocenters. The number of rotatable bonds is 5. The van der Waals surface area contributed by atoms with Crippen molar-refractivity contribution in [1.29, 1.82) is 0 Å². The summed E-state index contributed by atoms with van der Waals surface area (Å²) in [7, 11) is -3.63. The molecule has 6 rings (SSSR count). The zero-order valence-electron chi connectivity index (χ0n) is 17.7. The molecule has 2 aromatic carbocycles. The summed E-state index contributed by atoms with van der Waals surface area (Å²) in [6, 6.07) is 20.1. The van der Waals surface area contributed by atoms with Gasteiger partial charge in [-0.05, 0) is 54.4 Å². The summed E-state index contributed by atoms with van der Waals surface area (Å²) in [5, 5.41) is 0. The van der Waals surface area contributed by atoms with E-state index in [9.17, 15) is 4.57 Å². The molecule has 1 aromatic heterocycles. The summed E-state index contributed by atoms with van der Waals surface area (Å²) >= 11 is 0. The smallest absolute Gasteiger partial charge is 0.287 e. The van der Waals surface area contributed by atoms with E-state index in [1.54, 1.807) is 0 Å². The van der Waals surface area contributed by atoms with Crippen molar-refractivity contribution in [2.24, 2.45) is 23.7 Å². The highest BCUT2D eigenvalue weighted by atomic mass is 31.2. The molecule has 2 aliphatic carbocycles. The summed E-state index contributed by atoms with van der Waals surface area (Å²) in [6.45, 7) is 0.973. The lowest BCUT2D eigenvalue weighted by Gasteiger charge is -2.23. The van der Waals surface area contributed by atoms with Gasteiger partial charge in [0.1, 0.15) is 24.2 Å². The van der Waals surface area contributed by atoms with Gasteiger partial charge < -0.3 is 0 Å². The van der Waals surface area contributed by atoms with Gasteiger partial charge in [0.25, 0.3) is 6.33 Å². The van der Waals surface area contributed by atoms with Gasteiger partial charge in [-0.15, -0.1) is 0 Å². The largest absolute Gasteiger partial charge is 0.475 e. The Bertz CT molecular complexity index is 1150. The van der Waals surface area contributed by atoms with Crippen LogP contribution in [0.15, 0.2) is 85.3 Å². The second-order valence-electron chi connectivity index (χ2n) is 8.77. The Morgan fingerprint density at radius 3 is 2.22 bits per heavy atom. The van der Waals surface area contributed by atoms with Crippen molar-refractivity contribution in [3.8, 4) is 11.4 Å². The number of aromatic nitrogens is 2. The quantitative estimate of drug-likeness (QED) is 0.317. The van der Waals surface area contributed by atoms with Crippen molar-refractivity contribution in [3.05, 3.63) is 91.0 Å². The molecule has 0 spiro atoms. The summed E-state index contributed by atoms with van der Waals surface area (Å²) < 4.78 is 34.8. The highest BCUT2D eigenvalue weighted by Gasteiger charge is 2.48. The standard InChI is InChI=1S/C25H26N2O4P/c28-32(30-16-24-19-11-12-20(13-19)25(24)17-31-32)29-15-23-14-26(21-7-3-1-4-8-21)18-27(23)22-9-5-2-6-10-22/h1-12,14,18-20,24-25H,13,15-17H2/q+1/t19-,20?,24?,25-,32?/m0/s1. The number of allylic oxidation sites excluding steroid dienone is 2. The maximum atomic E-state index is 13.3. The van der Waals surface area contributed by atoms with E-state index in [-0.39, 0.29) is 6.61 Å². The van der Waals surface area contributed by atoms with Gasteiger partial charge in [-0.3, -0.25) is 13.6 Å². The normalized spacial score (nSPS) is 30.9. The van der Waals surface area contributed by atoms with Gasteiger partial charge in [0.2, 0.25) is 0 Å². The molecule has 1 saturated heterocycles. The fourth-order valence-electron chi connectivity index (χ4n) is 5.26. The van der Waals surface area contributed by atoms with E-state index in [0.717, 1.165) is 23.5 Å². The zero-order chi connectivity index (χ0) is 21.5.